The molecule has 2 atom stereocenters. The number of nitrogens with zero attached hydrogens (tertiary/aromatic N) is 2. The summed E-state index contributed by atoms with van der Waals surface area (Å²) in [5, 5.41) is 9.54. The molecule has 0 saturated carbocycles. The quantitative estimate of drug-likeness (QED) is 0.695. The number of benzene rings is 1. The first-order chi connectivity index (χ1) is 7.18. The summed E-state index contributed by atoms with van der Waals surface area (Å²) in [6, 6.07) is 5.73. The van der Waals surface area contributed by atoms with Crippen LogP contribution in [0.2, 0.25) is 0 Å². The smallest absolute Gasteiger partial charge is 0.116 e. The van der Waals surface area contributed by atoms with Gasteiger partial charge in [0.15, 0.2) is 0 Å². The zero-order valence-corrected chi connectivity index (χ0v) is 9.14. The van der Waals surface area contributed by atoms with Crippen molar-refractivity contribution < 1.29 is 5.11 Å². The van der Waals surface area contributed by atoms with E-state index in [1.54, 1.807) is 6.07 Å². The van der Waals surface area contributed by atoms with Gasteiger partial charge in [-0.25, -0.2) is 0 Å². The highest BCUT2D eigenvalue weighted by Crippen LogP contribution is 2.47. The first kappa shape index (κ1) is 9.04. The molecule has 0 aromatic heterocycles. The summed E-state index contributed by atoms with van der Waals surface area (Å²) >= 11 is 0. The largest absolute Gasteiger partial charge is 0.508 e. The number of aromatic hydroxyl groups is 1. The lowest BCUT2D eigenvalue weighted by Crippen LogP contribution is -2.39. The minimum atomic E-state index is 0.386. The Morgan fingerprint density at radius 1 is 1.33 bits per heavy atom. The fourth-order valence-corrected chi connectivity index (χ4v) is 3.12. The molecule has 1 N–H and O–H groups in total. The molecule has 2 heterocycles. The molecule has 0 spiro atoms. The van der Waals surface area contributed by atoms with E-state index in [4.69, 9.17) is 0 Å². The molecule has 80 valence electrons. The third-order valence-electron chi connectivity index (χ3n) is 3.79. The molecular formula is C12H16N2O. The van der Waals surface area contributed by atoms with Gasteiger partial charge in [0.2, 0.25) is 0 Å². The minimum absolute atomic E-state index is 0.386. The van der Waals surface area contributed by atoms with Crippen molar-refractivity contribution in [2.24, 2.45) is 0 Å². The fourth-order valence-electron chi connectivity index (χ4n) is 3.12. The lowest BCUT2D eigenvalue weighted by atomic mass is 9.98. The van der Waals surface area contributed by atoms with Gasteiger partial charge in [-0.1, -0.05) is 0 Å². The second kappa shape index (κ2) is 2.89. The topological polar surface area (TPSA) is 26.7 Å². The van der Waals surface area contributed by atoms with E-state index in [0.29, 0.717) is 17.8 Å². The van der Waals surface area contributed by atoms with Crippen LogP contribution in [0.1, 0.15) is 17.9 Å². The van der Waals surface area contributed by atoms with Crippen molar-refractivity contribution >= 4 is 5.69 Å². The van der Waals surface area contributed by atoms with E-state index >= 15 is 0 Å². The molecule has 3 heteroatoms. The van der Waals surface area contributed by atoms with Crippen LogP contribution < -0.4 is 4.90 Å². The summed E-state index contributed by atoms with van der Waals surface area (Å²) in [5.74, 6) is 0.958. The Labute approximate surface area is 89.9 Å². The maximum Gasteiger partial charge on any atom is 0.116 e. The van der Waals surface area contributed by atoms with Crippen LogP contribution >= 0.6 is 0 Å². The van der Waals surface area contributed by atoms with Crippen LogP contribution in [0.25, 0.3) is 0 Å². The average molecular weight is 204 g/mol. The number of anilines is 1. The lowest BCUT2D eigenvalue weighted by Gasteiger charge is -2.28. The Morgan fingerprint density at radius 3 is 2.93 bits per heavy atom. The highest BCUT2D eigenvalue weighted by molar-refractivity contribution is 5.63. The highest BCUT2D eigenvalue weighted by atomic mass is 16.3. The van der Waals surface area contributed by atoms with Gasteiger partial charge in [0.25, 0.3) is 0 Å². The number of phenols is 1. The van der Waals surface area contributed by atoms with Crippen LogP contribution in [0, 0.1) is 0 Å². The summed E-state index contributed by atoms with van der Waals surface area (Å²) in [7, 11) is 4.31. The fraction of sp³-hybridized carbons (Fsp3) is 0.500. The number of likely N-dealkylation sites (tertiary alicyclic amines) is 1. The zero-order valence-electron chi connectivity index (χ0n) is 9.14. The summed E-state index contributed by atoms with van der Waals surface area (Å²) in [6.07, 6.45) is 1.68. The summed E-state index contributed by atoms with van der Waals surface area (Å²) < 4.78 is 0. The average Bonchev–Trinajstić information content (AvgIpc) is 2.70. The van der Waals surface area contributed by atoms with E-state index in [1.807, 2.05) is 12.1 Å². The first-order valence-corrected chi connectivity index (χ1v) is 5.44. The molecule has 1 aromatic carbocycles. The van der Waals surface area contributed by atoms with Gasteiger partial charge in [0.05, 0.1) is 6.17 Å². The van der Waals surface area contributed by atoms with Crippen molar-refractivity contribution in [2.45, 2.75) is 18.5 Å². The van der Waals surface area contributed by atoms with Crippen molar-refractivity contribution in [3.63, 3.8) is 0 Å². The van der Waals surface area contributed by atoms with Crippen LogP contribution in [0.15, 0.2) is 18.2 Å². The zero-order chi connectivity index (χ0) is 10.6. The predicted octanol–water partition coefficient (Wildman–Crippen LogP) is 1.59. The lowest BCUT2D eigenvalue weighted by molar-refractivity contribution is 0.305. The van der Waals surface area contributed by atoms with Gasteiger partial charge in [-0.05, 0) is 37.2 Å². The maximum atomic E-state index is 9.54. The normalized spacial score (nSPS) is 29.3. The Kier molecular flexibility index (Phi) is 1.74. The van der Waals surface area contributed by atoms with E-state index in [1.165, 1.54) is 17.7 Å². The van der Waals surface area contributed by atoms with Gasteiger partial charge in [-0.2, -0.15) is 0 Å². The molecule has 0 radical (unpaired) electrons. The summed E-state index contributed by atoms with van der Waals surface area (Å²) in [4.78, 5) is 4.72. The number of hydrogen-bond donors (Lipinski definition) is 1. The molecule has 1 saturated heterocycles. The summed E-state index contributed by atoms with van der Waals surface area (Å²) in [6.45, 7) is 1.15. The second-order valence-electron chi connectivity index (χ2n) is 4.64. The Bertz CT molecular complexity index is 405. The molecule has 2 aliphatic heterocycles. The van der Waals surface area contributed by atoms with Crippen LogP contribution in [0.5, 0.6) is 5.75 Å². The number of fused-ring (bicyclic) bond motifs is 3. The summed E-state index contributed by atoms with van der Waals surface area (Å²) in [5.41, 5.74) is 2.58. The van der Waals surface area contributed by atoms with Gasteiger partial charge in [-0.15, -0.1) is 0 Å². The third kappa shape index (κ3) is 1.10. The van der Waals surface area contributed by atoms with E-state index in [2.05, 4.69) is 23.9 Å². The second-order valence-corrected chi connectivity index (χ2v) is 4.64. The molecule has 3 rings (SSSR count). The molecule has 0 bridgehead atoms. The molecular weight excluding hydrogens is 188 g/mol. The first-order valence-electron chi connectivity index (χ1n) is 5.44. The van der Waals surface area contributed by atoms with E-state index in [0.717, 1.165) is 6.54 Å². The molecule has 2 aliphatic rings. The Balaban J connectivity index is 2.11. The van der Waals surface area contributed by atoms with Gasteiger partial charge >= 0.3 is 0 Å². The van der Waals surface area contributed by atoms with E-state index < -0.39 is 0 Å². The molecule has 1 aromatic rings. The number of rotatable bonds is 0. The number of hydrogen-bond acceptors (Lipinski definition) is 3. The molecule has 15 heavy (non-hydrogen) atoms. The SMILES string of the molecule is CN1CC[C@H]2c3cc(O)ccc3N(C)[C@H]21. The number of phenolic OH excluding ortho intramolecular Hbond substituents is 1. The molecule has 0 unspecified atom stereocenters. The Morgan fingerprint density at radius 2 is 2.13 bits per heavy atom. The standard InChI is InChI=1S/C12H16N2O/c1-13-6-5-9-10-7-8(15)3-4-11(10)14(2)12(9)13/h3-4,7,9,12,15H,5-6H2,1-2H3/t9-,12+/m0/s1. The monoisotopic (exact) mass is 204 g/mol. The van der Waals surface area contributed by atoms with Gasteiger partial charge in [0.1, 0.15) is 5.75 Å². The predicted molar refractivity (Wildman–Crippen MR) is 60.3 cm³/mol. The minimum Gasteiger partial charge on any atom is -0.508 e. The number of likely N-dealkylation sites (N-methyl/N-ethyl adjacent to an activating group) is 2. The Hall–Kier alpha value is -1.22. The third-order valence-corrected chi connectivity index (χ3v) is 3.79. The van der Waals surface area contributed by atoms with E-state index in [-0.39, 0.29) is 0 Å². The highest BCUT2D eigenvalue weighted by Gasteiger charge is 2.42. The maximum absolute atomic E-state index is 9.54. The van der Waals surface area contributed by atoms with Gasteiger partial charge in [-0.3, -0.25) is 4.90 Å². The molecule has 3 nitrogen and oxygen atoms in total. The van der Waals surface area contributed by atoms with Crippen LogP contribution in [-0.4, -0.2) is 36.8 Å². The molecule has 1 fully saturated rings. The molecule has 0 amide bonds. The van der Waals surface area contributed by atoms with Crippen LogP contribution in [0.3, 0.4) is 0 Å². The van der Waals surface area contributed by atoms with Crippen molar-refractivity contribution in [3.05, 3.63) is 23.8 Å². The van der Waals surface area contributed by atoms with Crippen LogP contribution in [-0.2, 0) is 0 Å². The van der Waals surface area contributed by atoms with Crippen molar-refractivity contribution in [3.8, 4) is 5.75 Å². The van der Waals surface area contributed by atoms with Crippen molar-refractivity contribution in [2.75, 3.05) is 25.5 Å². The van der Waals surface area contributed by atoms with Crippen LogP contribution in [0.4, 0.5) is 5.69 Å². The van der Waals surface area contributed by atoms with Gasteiger partial charge in [0, 0.05) is 25.2 Å². The van der Waals surface area contributed by atoms with E-state index in [9.17, 15) is 5.11 Å². The van der Waals surface area contributed by atoms with Crippen molar-refractivity contribution in [1.29, 1.82) is 0 Å². The van der Waals surface area contributed by atoms with Gasteiger partial charge < -0.3 is 10.0 Å². The van der Waals surface area contributed by atoms with Crippen molar-refractivity contribution in [1.82, 2.24) is 4.90 Å². The molecule has 0 aliphatic carbocycles.